The first-order valence-electron chi connectivity index (χ1n) is 5.77. The van der Waals surface area contributed by atoms with E-state index in [2.05, 4.69) is 11.8 Å². The zero-order valence-corrected chi connectivity index (χ0v) is 8.98. The maximum atomic E-state index is 9.05. The maximum Gasteiger partial charge on any atom is 0.0730 e. The highest BCUT2D eigenvalue weighted by molar-refractivity contribution is 4.89. The zero-order valence-electron chi connectivity index (χ0n) is 8.98. The van der Waals surface area contributed by atoms with Crippen molar-refractivity contribution in [1.82, 2.24) is 4.90 Å². The molecule has 1 aliphatic carbocycles. The molecule has 3 unspecified atom stereocenters. The molecule has 0 bridgehead atoms. The molecule has 0 amide bonds. The first-order chi connectivity index (χ1) is 6.81. The van der Waals surface area contributed by atoms with E-state index in [0.717, 1.165) is 19.7 Å². The number of nitrogens with zero attached hydrogens (tertiary/aromatic N) is 1. The Labute approximate surface area is 86.0 Å². The molecular weight excluding hydrogens is 178 g/mol. The summed E-state index contributed by atoms with van der Waals surface area (Å²) in [6.45, 7) is 5.36. The number of hydrogen-bond donors (Lipinski definition) is 1. The molecule has 1 N–H and O–H groups in total. The van der Waals surface area contributed by atoms with E-state index in [1.165, 1.54) is 19.3 Å². The number of morpholine rings is 1. The van der Waals surface area contributed by atoms with E-state index in [9.17, 15) is 0 Å². The molecule has 1 aliphatic heterocycles. The standard InChI is InChI=1S/C11H21NO2/c1-9(8-13)7-12-5-6-14-11-4-2-3-10(11)12/h9-11,13H,2-8H2,1H3. The summed E-state index contributed by atoms with van der Waals surface area (Å²) in [4.78, 5) is 2.52. The van der Waals surface area contributed by atoms with Gasteiger partial charge in [0, 0.05) is 25.7 Å². The summed E-state index contributed by atoms with van der Waals surface area (Å²) in [6.07, 6.45) is 4.30. The van der Waals surface area contributed by atoms with Crippen LogP contribution in [0.15, 0.2) is 0 Å². The molecule has 0 spiro atoms. The molecule has 1 heterocycles. The van der Waals surface area contributed by atoms with Gasteiger partial charge in [0.2, 0.25) is 0 Å². The van der Waals surface area contributed by atoms with Gasteiger partial charge in [0.05, 0.1) is 12.7 Å². The normalized spacial score (nSPS) is 35.6. The Morgan fingerprint density at radius 1 is 1.50 bits per heavy atom. The first kappa shape index (κ1) is 10.4. The smallest absolute Gasteiger partial charge is 0.0730 e. The topological polar surface area (TPSA) is 32.7 Å². The fourth-order valence-electron chi connectivity index (χ4n) is 2.69. The number of aliphatic hydroxyl groups is 1. The Balaban J connectivity index is 1.90. The van der Waals surface area contributed by atoms with Crippen LogP contribution < -0.4 is 0 Å². The summed E-state index contributed by atoms with van der Waals surface area (Å²) in [5, 5.41) is 9.05. The summed E-state index contributed by atoms with van der Waals surface area (Å²) in [7, 11) is 0. The second-order valence-electron chi connectivity index (χ2n) is 4.69. The van der Waals surface area contributed by atoms with Crippen LogP contribution in [0.3, 0.4) is 0 Å². The van der Waals surface area contributed by atoms with Gasteiger partial charge in [-0.3, -0.25) is 4.90 Å². The van der Waals surface area contributed by atoms with Gasteiger partial charge in [0.1, 0.15) is 0 Å². The second-order valence-corrected chi connectivity index (χ2v) is 4.69. The highest BCUT2D eigenvalue weighted by atomic mass is 16.5. The van der Waals surface area contributed by atoms with E-state index < -0.39 is 0 Å². The second kappa shape index (κ2) is 4.60. The lowest BCUT2D eigenvalue weighted by atomic mass is 10.1. The fourth-order valence-corrected chi connectivity index (χ4v) is 2.69. The third-order valence-electron chi connectivity index (χ3n) is 3.45. The lowest BCUT2D eigenvalue weighted by molar-refractivity contribution is -0.0614. The number of ether oxygens (including phenoxy) is 1. The van der Waals surface area contributed by atoms with Crippen LogP contribution in [0.1, 0.15) is 26.2 Å². The van der Waals surface area contributed by atoms with Crippen molar-refractivity contribution >= 4 is 0 Å². The lowest BCUT2D eigenvalue weighted by Gasteiger charge is -2.38. The quantitative estimate of drug-likeness (QED) is 0.732. The maximum absolute atomic E-state index is 9.05. The Kier molecular flexibility index (Phi) is 3.42. The molecule has 14 heavy (non-hydrogen) atoms. The van der Waals surface area contributed by atoms with Gasteiger partial charge in [-0.15, -0.1) is 0 Å². The minimum absolute atomic E-state index is 0.300. The van der Waals surface area contributed by atoms with E-state index >= 15 is 0 Å². The molecule has 3 atom stereocenters. The van der Waals surface area contributed by atoms with Gasteiger partial charge in [-0.1, -0.05) is 6.92 Å². The molecule has 0 aromatic rings. The van der Waals surface area contributed by atoms with Crippen molar-refractivity contribution in [1.29, 1.82) is 0 Å². The summed E-state index contributed by atoms with van der Waals surface area (Å²) in [5.41, 5.74) is 0. The average Bonchev–Trinajstić information content (AvgIpc) is 2.66. The van der Waals surface area contributed by atoms with Crippen molar-refractivity contribution in [3.8, 4) is 0 Å². The Bertz CT molecular complexity index is 186. The molecule has 0 aromatic carbocycles. The van der Waals surface area contributed by atoms with Gasteiger partial charge in [0.15, 0.2) is 0 Å². The van der Waals surface area contributed by atoms with E-state index in [-0.39, 0.29) is 0 Å². The summed E-state index contributed by atoms with van der Waals surface area (Å²) in [5.74, 6) is 0.398. The highest BCUT2D eigenvalue weighted by Crippen LogP contribution is 2.29. The molecule has 1 saturated heterocycles. The van der Waals surface area contributed by atoms with E-state index in [1.807, 2.05) is 0 Å². The van der Waals surface area contributed by atoms with Crippen LogP contribution in [-0.2, 0) is 4.74 Å². The van der Waals surface area contributed by atoms with Crippen molar-refractivity contribution < 1.29 is 9.84 Å². The average molecular weight is 199 g/mol. The summed E-state index contributed by atoms with van der Waals surface area (Å²) < 4.78 is 5.74. The van der Waals surface area contributed by atoms with Crippen molar-refractivity contribution in [2.45, 2.75) is 38.3 Å². The number of fused-ring (bicyclic) bond motifs is 1. The molecule has 3 nitrogen and oxygen atoms in total. The van der Waals surface area contributed by atoms with Gasteiger partial charge >= 0.3 is 0 Å². The Morgan fingerprint density at radius 3 is 3.14 bits per heavy atom. The molecule has 2 aliphatic rings. The summed E-state index contributed by atoms with van der Waals surface area (Å²) >= 11 is 0. The number of aliphatic hydroxyl groups excluding tert-OH is 1. The largest absolute Gasteiger partial charge is 0.396 e. The van der Waals surface area contributed by atoms with Gasteiger partial charge < -0.3 is 9.84 Å². The third kappa shape index (κ3) is 2.10. The number of rotatable bonds is 3. The Morgan fingerprint density at radius 2 is 2.36 bits per heavy atom. The first-order valence-corrected chi connectivity index (χ1v) is 5.77. The minimum Gasteiger partial charge on any atom is -0.396 e. The van der Waals surface area contributed by atoms with Crippen LogP contribution in [0.2, 0.25) is 0 Å². The Hall–Kier alpha value is -0.120. The number of hydrogen-bond acceptors (Lipinski definition) is 3. The zero-order chi connectivity index (χ0) is 9.97. The molecule has 0 radical (unpaired) electrons. The molecule has 82 valence electrons. The van der Waals surface area contributed by atoms with Crippen LogP contribution >= 0.6 is 0 Å². The predicted octanol–water partition coefficient (Wildman–Crippen LogP) is 0.868. The van der Waals surface area contributed by atoms with Crippen LogP contribution in [-0.4, -0.2) is 48.5 Å². The van der Waals surface area contributed by atoms with Crippen LogP contribution in [0.25, 0.3) is 0 Å². The van der Waals surface area contributed by atoms with E-state index in [1.54, 1.807) is 0 Å². The SMILES string of the molecule is CC(CO)CN1CCOC2CCCC21. The van der Waals surface area contributed by atoms with Crippen LogP contribution in [0.5, 0.6) is 0 Å². The van der Waals surface area contributed by atoms with Crippen molar-refractivity contribution in [3.63, 3.8) is 0 Å². The predicted molar refractivity (Wildman–Crippen MR) is 55.2 cm³/mol. The van der Waals surface area contributed by atoms with Gasteiger partial charge in [-0.25, -0.2) is 0 Å². The van der Waals surface area contributed by atoms with Crippen LogP contribution in [0.4, 0.5) is 0 Å². The molecule has 2 fully saturated rings. The molecule has 2 rings (SSSR count). The minimum atomic E-state index is 0.300. The molecule has 0 aromatic heterocycles. The van der Waals surface area contributed by atoms with Crippen molar-refractivity contribution in [2.24, 2.45) is 5.92 Å². The van der Waals surface area contributed by atoms with Crippen molar-refractivity contribution in [3.05, 3.63) is 0 Å². The van der Waals surface area contributed by atoms with E-state index in [4.69, 9.17) is 9.84 Å². The van der Waals surface area contributed by atoms with Gasteiger partial charge in [0.25, 0.3) is 0 Å². The van der Waals surface area contributed by atoms with Crippen molar-refractivity contribution in [2.75, 3.05) is 26.3 Å². The van der Waals surface area contributed by atoms with Gasteiger partial charge in [-0.05, 0) is 25.2 Å². The summed E-state index contributed by atoms with van der Waals surface area (Å²) in [6, 6.07) is 0.637. The van der Waals surface area contributed by atoms with Crippen LogP contribution in [0, 0.1) is 5.92 Å². The fraction of sp³-hybridized carbons (Fsp3) is 1.00. The monoisotopic (exact) mass is 199 g/mol. The molecule has 3 heteroatoms. The van der Waals surface area contributed by atoms with E-state index in [0.29, 0.717) is 24.7 Å². The lowest BCUT2D eigenvalue weighted by Crippen LogP contribution is -2.50. The third-order valence-corrected chi connectivity index (χ3v) is 3.45. The highest BCUT2D eigenvalue weighted by Gasteiger charge is 2.36. The van der Waals surface area contributed by atoms with Gasteiger partial charge in [-0.2, -0.15) is 0 Å². The molecule has 1 saturated carbocycles. The molecular formula is C11H21NO2.